The molecule has 0 spiro atoms. The van der Waals surface area contributed by atoms with Gasteiger partial charge in [-0.2, -0.15) is 0 Å². The Hall–Kier alpha value is -1.97. The minimum atomic E-state index is -0.488. The van der Waals surface area contributed by atoms with Gasteiger partial charge >= 0.3 is 0 Å². The van der Waals surface area contributed by atoms with Gasteiger partial charge in [0.2, 0.25) is 0 Å². The van der Waals surface area contributed by atoms with Gasteiger partial charge in [-0.05, 0) is 40.2 Å². The molecule has 112 valence electrons. The van der Waals surface area contributed by atoms with E-state index in [-0.39, 0.29) is 11.6 Å². The molecule has 3 heterocycles. The first-order chi connectivity index (χ1) is 10.6. The lowest BCUT2D eigenvalue weighted by molar-refractivity contribution is 0.0846. The number of carbonyl (C=O) groups excluding carboxylic acids is 2. The smallest absolute Gasteiger partial charge is 0.289 e. The molecule has 0 fully saturated rings. The summed E-state index contributed by atoms with van der Waals surface area (Å²) in [6, 6.07) is 6.93. The Morgan fingerprint density at radius 3 is 2.68 bits per heavy atom. The zero-order valence-electron chi connectivity index (χ0n) is 10.8. The summed E-state index contributed by atoms with van der Waals surface area (Å²) in [5.74, 6) is -0.278. The minimum Gasteiger partial charge on any atom is -0.462 e. The molecule has 3 aromatic heterocycles. The van der Waals surface area contributed by atoms with Gasteiger partial charge in [-0.15, -0.1) is 22.7 Å². The van der Waals surface area contributed by atoms with Crippen molar-refractivity contribution in [2.45, 2.75) is 0 Å². The van der Waals surface area contributed by atoms with Crippen molar-refractivity contribution >= 4 is 50.4 Å². The first-order valence-electron chi connectivity index (χ1n) is 5.99. The number of thiophene rings is 1. The molecule has 0 saturated carbocycles. The molecule has 2 amide bonds. The second-order valence-electron chi connectivity index (χ2n) is 4.03. The summed E-state index contributed by atoms with van der Waals surface area (Å²) in [7, 11) is 0. The normalized spacial score (nSPS) is 10.4. The number of hydrazine groups is 1. The van der Waals surface area contributed by atoms with E-state index in [4.69, 9.17) is 4.42 Å². The van der Waals surface area contributed by atoms with Gasteiger partial charge in [0.1, 0.15) is 5.69 Å². The quantitative estimate of drug-likeness (QED) is 0.663. The highest BCUT2D eigenvalue weighted by atomic mass is 79.9. The molecular weight excluding hydrogens is 390 g/mol. The third kappa shape index (κ3) is 3.26. The van der Waals surface area contributed by atoms with Gasteiger partial charge in [0, 0.05) is 5.38 Å². The van der Waals surface area contributed by atoms with Crippen LogP contribution in [0.3, 0.4) is 0 Å². The van der Waals surface area contributed by atoms with Crippen molar-refractivity contribution in [3.8, 4) is 10.8 Å². The van der Waals surface area contributed by atoms with Crippen molar-refractivity contribution in [3.63, 3.8) is 0 Å². The Morgan fingerprint density at radius 1 is 1.18 bits per heavy atom. The van der Waals surface area contributed by atoms with Crippen molar-refractivity contribution in [1.29, 1.82) is 0 Å². The topological polar surface area (TPSA) is 84.2 Å². The van der Waals surface area contributed by atoms with Crippen LogP contribution >= 0.6 is 38.6 Å². The second kappa shape index (κ2) is 6.42. The van der Waals surface area contributed by atoms with E-state index in [1.54, 1.807) is 29.6 Å². The molecule has 0 aromatic carbocycles. The number of aromatic nitrogens is 1. The van der Waals surface area contributed by atoms with Crippen molar-refractivity contribution in [2.75, 3.05) is 0 Å². The number of furan rings is 1. The van der Waals surface area contributed by atoms with Gasteiger partial charge in [0.05, 0.1) is 14.9 Å². The Balaban J connectivity index is 1.61. The maximum atomic E-state index is 12.0. The van der Waals surface area contributed by atoms with E-state index in [2.05, 4.69) is 31.8 Å². The molecule has 0 atom stereocenters. The Bertz CT molecular complexity index is 810. The first-order valence-corrected chi connectivity index (χ1v) is 8.48. The van der Waals surface area contributed by atoms with Crippen LogP contribution in [0.15, 0.2) is 44.1 Å². The fraction of sp³-hybridized carbons (Fsp3) is 0. The zero-order chi connectivity index (χ0) is 15.5. The fourth-order valence-electron chi connectivity index (χ4n) is 1.57. The summed E-state index contributed by atoms with van der Waals surface area (Å²) in [5, 5.41) is 2.20. The van der Waals surface area contributed by atoms with E-state index in [0.29, 0.717) is 15.6 Å². The van der Waals surface area contributed by atoms with Crippen LogP contribution in [0.4, 0.5) is 0 Å². The van der Waals surface area contributed by atoms with Crippen molar-refractivity contribution in [3.05, 3.63) is 50.3 Å². The van der Waals surface area contributed by atoms with E-state index in [0.717, 1.165) is 3.79 Å². The number of carbonyl (C=O) groups is 2. The Kier molecular flexibility index (Phi) is 4.36. The molecule has 2 N–H and O–H groups in total. The highest BCUT2D eigenvalue weighted by molar-refractivity contribution is 9.11. The van der Waals surface area contributed by atoms with Gasteiger partial charge < -0.3 is 4.42 Å². The van der Waals surface area contributed by atoms with E-state index in [1.165, 1.54) is 28.9 Å². The average molecular weight is 398 g/mol. The largest absolute Gasteiger partial charge is 0.462 e. The fourth-order valence-corrected chi connectivity index (χ4v) is 3.61. The van der Waals surface area contributed by atoms with Crippen LogP contribution in [0, 0.1) is 0 Å². The van der Waals surface area contributed by atoms with Gasteiger partial charge in [0.15, 0.2) is 10.8 Å². The standard InChI is InChI=1S/C13H8BrN3O3S2/c14-10-4-3-9(22-10)12(19)17-16-11(18)7-6-21-13(15-7)8-2-1-5-20-8/h1-6H,(H,16,18)(H,17,19). The number of halogens is 1. The molecule has 3 rings (SSSR count). The van der Waals surface area contributed by atoms with Gasteiger partial charge in [-0.3, -0.25) is 20.4 Å². The molecule has 6 nitrogen and oxygen atoms in total. The minimum absolute atomic E-state index is 0.212. The number of rotatable bonds is 3. The molecule has 0 radical (unpaired) electrons. The monoisotopic (exact) mass is 397 g/mol. The van der Waals surface area contributed by atoms with E-state index < -0.39 is 5.91 Å². The SMILES string of the molecule is O=C(NNC(=O)c1ccc(Br)s1)c1csc(-c2ccco2)n1. The average Bonchev–Trinajstić information content (AvgIpc) is 3.23. The second-order valence-corrected chi connectivity index (χ2v) is 7.35. The molecule has 22 heavy (non-hydrogen) atoms. The molecule has 0 unspecified atom stereocenters. The first kappa shape index (κ1) is 14.9. The number of thiazole rings is 1. The lowest BCUT2D eigenvalue weighted by Crippen LogP contribution is -2.41. The van der Waals surface area contributed by atoms with Crippen LogP contribution < -0.4 is 10.9 Å². The molecule has 0 saturated heterocycles. The van der Waals surface area contributed by atoms with Crippen LogP contribution in [0.1, 0.15) is 20.2 Å². The highest BCUT2D eigenvalue weighted by Crippen LogP contribution is 2.24. The van der Waals surface area contributed by atoms with E-state index in [9.17, 15) is 9.59 Å². The summed E-state index contributed by atoms with van der Waals surface area (Å²) in [5.41, 5.74) is 4.89. The number of hydrogen-bond donors (Lipinski definition) is 2. The van der Waals surface area contributed by atoms with Crippen LogP contribution in [0.25, 0.3) is 10.8 Å². The number of nitrogens with zero attached hydrogens (tertiary/aromatic N) is 1. The van der Waals surface area contributed by atoms with E-state index >= 15 is 0 Å². The summed E-state index contributed by atoms with van der Waals surface area (Å²) in [4.78, 5) is 28.4. The molecule has 3 aromatic rings. The maximum absolute atomic E-state index is 12.0. The van der Waals surface area contributed by atoms with E-state index in [1.807, 2.05) is 0 Å². The van der Waals surface area contributed by atoms with Gasteiger partial charge in [0.25, 0.3) is 11.8 Å². The van der Waals surface area contributed by atoms with Crippen molar-refractivity contribution in [1.82, 2.24) is 15.8 Å². The zero-order valence-corrected chi connectivity index (χ0v) is 14.0. The van der Waals surface area contributed by atoms with Gasteiger partial charge in [-0.25, -0.2) is 4.98 Å². The maximum Gasteiger partial charge on any atom is 0.289 e. The van der Waals surface area contributed by atoms with Crippen molar-refractivity contribution < 1.29 is 14.0 Å². The summed E-state index contributed by atoms with van der Waals surface area (Å²) in [6.45, 7) is 0. The molecule has 9 heteroatoms. The van der Waals surface area contributed by atoms with Crippen LogP contribution in [-0.2, 0) is 0 Å². The summed E-state index contributed by atoms with van der Waals surface area (Å²) in [6.07, 6.45) is 1.54. The molecule has 0 bridgehead atoms. The number of nitrogens with one attached hydrogen (secondary N) is 2. The highest BCUT2D eigenvalue weighted by Gasteiger charge is 2.15. The predicted molar refractivity (Wildman–Crippen MR) is 86.8 cm³/mol. The Labute approximate surface area is 141 Å². The van der Waals surface area contributed by atoms with Crippen LogP contribution in [0.2, 0.25) is 0 Å². The third-order valence-electron chi connectivity index (χ3n) is 2.56. The van der Waals surface area contributed by atoms with Crippen LogP contribution in [0.5, 0.6) is 0 Å². The predicted octanol–water partition coefficient (Wildman–Crippen LogP) is 3.30. The molecule has 0 aliphatic rings. The molecule has 0 aliphatic carbocycles. The molecular formula is C13H8BrN3O3S2. The lowest BCUT2D eigenvalue weighted by atomic mass is 10.4. The van der Waals surface area contributed by atoms with Gasteiger partial charge in [-0.1, -0.05) is 0 Å². The lowest BCUT2D eigenvalue weighted by Gasteiger charge is -2.03. The van der Waals surface area contributed by atoms with Crippen LogP contribution in [-0.4, -0.2) is 16.8 Å². The summed E-state index contributed by atoms with van der Waals surface area (Å²) >= 11 is 5.83. The third-order valence-corrected chi connectivity index (χ3v) is 5.03. The molecule has 0 aliphatic heterocycles. The van der Waals surface area contributed by atoms with Crippen molar-refractivity contribution in [2.24, 2.45) is 0 Å². The summed E-state index contributed by atoms with van der Waals surface area (Å²) < 4.78 is 6.05. The number of hydrogen-bond acceptors (Lipinski definition) is 6. The number of amides is 2. The Morgan fingerprint density at radius 2 is 2.00 bits per heavy atom.